The molecule has 1 fully saturated rings. The Morgan fingerprint density at radius 3 is 2.41 bits per heavy atom. The van der Waals surface area contributed by atoms with E-state index in [0.29, 0.717) is 23.5 Å². The highest BCUT2D eigenvalue weighted by Gasteiger charge is 2.39. The maximum Gasteiger partial charge on any atom is 0.103 e. The second-order valence-corrected chi connectivity index (χ2v) is 5.41. The summed E-state index contributed by atoms with van der Waals surface area (Å²) in [6, 6.07) is 7.87. The van der Waals surface area contributed by atoms with Crippen LogP contribution in [0.3, 0.4) is 0 Å². The molecule has 1 aromatic rings. The molecule has 2 nitrogen and oxygen atoms in total. The van der Waals surface area contributed by atoms with Gasteiger partial charge in [0.15, 0.2) is 0 Å². The molecule has 1 aliphatic rings. The van der Waals surface area contributed by atoms with Crippen molar-refractivity contribution in [1.29, 1.82) is 0 Å². The van der Waals surface area contributed by atoms with Crippen LogP contribution in [0, 0.1) is 5.92 Å². The lowest BCUT2D eigenvalue weighted by Crippen LogP contribution is -2.28. The third-order valence-electron chi connectivity index (χ3n) is 3.40. The summed E-state index contributed by atoms with van der Waals surface area (Å²) in [6.07, 6.45) is 0.770. The smallest absolute Gasteiger partial charge is 0.103 e. The lowest BCUT2D eigenvalue weighted by atomic mass is 9.88. The summed E-state index contributed by atoms with van der Waals surface area (Å²) in [7, 11) is 0. The molecule has 0 spiro atoms. The maximum absolute atomic E-state index is 10.6. The van der Waals surface area contributed by atoms with Gasteiger partial charge in [-0.05, 0) is 30.0 Å². The van der Waals surface area contributed by atoms with Crippen LogP contribution in [0.1, 0.15) is 25.8 Å². The van der Waals surface area contributed by atoms with Gasteiger partial charge in [-0.1, -0.05) is 37.6 Å². The number of hydrogen-bond donors (Lipinski definition) is 2. The van der Waals surface area contributed by atoms with Gasteiger partial charge in [-0.25, -0.2) is 0 Å². The SMILES string of the molecule is CC(C)C1CC(O)(c2ccc(Cl)cc2)CN1.Cl. The quantitative estimate of drug-likeness (QED) is 0.870. The van der Waals surface area contributed by atoms with Crippen molar-refractivity contribution in [2.75, 3.05) is 6.54 Å². The van der Waals surface area contributed by atoms with E-state index in [0.717, 1.165) is 12.0 Å². The zero-order valence-corrected chi connectivity index (χ0v) is 11.7. The molecule has 2 rings (SSSR count). The van der Waals surface area contributed by atoms with Gasteiger partial charge in [-0.3, -0.25) is 0 Å². The summed E-state index contributed by atoms with van der Waals surface area (Å²) >= 11 is 5.85. The molecule has 1 aliphatic heterocycles. The third-order valence-corrected chi connectivity index (χ3v) is 3.65. The van der Waals surface area contributed by atoms with Gasteiger partial charge in [0, 0.05) is 17.6 Å². The third kappa shape index (κ3) is 3.14. The number of aliphatic hydroxyl groups is 1. The molecule has 2 atom stereocenters. The first-order valence-electron chi connectivity index (χ1n) is 5.73. The van der Waals surface area contributed by atoms with Crippen LogP contribution < -0.4 is 5.32 Å². The standard InChI is InChI=1S/C13H18ClNO.ClH/c1-9(2)12-7-13(16,8-15-12)10-3-5-11(14)6-4-10;/h3-6,9,12,15-16H,7-8H2,1-2H3;1H. The number of nitrogens with one attached hydrogen (secondary N) is 1. The predicted molar refractivity (Wildman–Crippen MR) is 73.8 cm³/mol. The van der Waals surface area contributed by atoms with E-state index >= 15 is 0 Å². The fraction of sp³-hybridized carbons (Fsp3) is 0.538. The fourth-order valence-electron chi connectivity index (χ4n) is 2.26. The molecule has 96 valence electrons. The van der Waals surface area contributed by atoms with Gasteiger partial charge in [0.1, 0.15) is 5.60 Å². The Labute approximate surface area is 114 Å². The van der Waals surface area contributed by atoms with E-state index in [2.05, 4.69) is 19.2 Å². The Bertz CT molecular complexity index is 366. The Hall–Kier alpha value is -0.280. The molecular weight excluding hydrogens is 257 g/mol. The Balaban J connectivity index is 0.00000144. The van der Waals surface area contributed by atoms with Gasteiger partial charge in [-0.2, -0.15) is 0 Å². The molecule has 0 bridgehead atoms. The number of benzene rings is 1. The van der Waals surface area contributed by atoms with Crippen LogP contribution >= 0.6 is 24.0 Å². The molecule has 0 amide bonds. The molecular formula is C13H19Cl2NO. The Morgan fingerprint density at radius 2 is 1.94 bits per heavy atom. The number of halogens is 2. The lowest BCUT2D eigenvalue weighted by Gasteiger charge is -2.23. The van der Waals surface area contributed by atoms with Crippen LogP contribution in [0.2, 0.25) is 5.02 Å². The molecule has 0 aliphatic carbocycles. The van der Waals surface area contributed by atoms with Crippen molar-refractivity contribution in [2.24, 2.45) is 5.92 Å². The summed E-state index contributed by atoms with van der Waals surface area (Å²) in [5.41, 5.74) is 0.215. The van der Waals surface area contributed by atoms with E-state index in [1.165, 1.54) is 0 Å². The maximum atomic E-state index is 10.6. The summed E-state index contributed by atoms with van der Waals surface area (Å²) in [6.45, 7) is 4.97. The predicted octanol–water partition coefficient (Wildman–Crippen LogP) is 2.97. The van der Waals surface area contributed by atoms with Crippen molar-refractivity contribution in [1.82, 2.24) is 5.32 Å². The molecule has 1 aromatic carbocycles. The van der Waals surface area contributed by atoms with E-state index in [1.807, 2.05) is 24.3 Å². The minimum absolute atomic E-state index is 0. The number of hydrogen-bond acceptors (Lipinski definition) is 2. The van der Waals surface area contributed by atoms with E-state index in [-0.39, 0.29) is 12.4 Å². The topological polar surface area (TPSA) is 32.3 Å². The molecule has 4 heteroatoms. The largest absolute Gasteiger partial charge is 0.384 e. The molecule has 1 heterocycles. The molecule has 17 heavy (non-hydrogen) atoms. The van der Waals surface area contributed by atoms with Gasteiger partial charge in [0.2, 0.25) is 0 Å². The fourth-order valence-corrected chi connectivity index (χ4v) is 2.39. The average molecular weight is 276 g/mol. The normalized spacial score (nSPS) is 28.2. The van der Waals surface area contributed by atoms with Crippen LogP contribution in [0.25, 0.3) is 0 Å². The molecule has 0 saturated carbocycles. The molecule has 0 radical (unpaired) electrons. The summed E-state index contributed by atoms with van der Waals surface area (Å²) in [5.74, 6) is 0.543. The van der Waals surface area contributed by atoms with E-state index in [4.69, 9.17) is 11.6 Å². The highest BCUT2D eigenvalue weighted by Crippen LogP contribution is 2.33. The zero-order chi connectivity index (χ0) is 11.8. The summed E-state index contributed by atoms with van der Waals surface area (Å²) in [4.78, 5) is 0. The van der Waals surface area contributed by atoms with Gasteiger partial charge in [0.25, 0.3) is 0 Å². The second kappa shape index (κ2) is 5.57. The Morgan fingerprint density at radius 1 is 1.35 bits per heavy atom. The van der Waals surface area contributed by atoms with E-state index in [9.17, 15) is 5.11 Å². The van der Waals surface area contributed by atoms with Crippen molar-refractivity contribution in [2.45, 2.75) is 31.9 Å². The van der Waals surface area contributed by atoms with Gasteiger partial charge in [-0.15, -0.1) is 12.4 Å². The highest BCUT2D eigenvalue weighted by molar-refractivity contribution is 6.30. The van der Waals surface area contributed by atoms with Crippen molar-refractivity contribution in [3.8, 4) is 0 Å². The number of rotatable bonds is 2. The van der Waals surface area contributed by atoms with E-state index in [1.54, 1.807) is 0 Å². The second-order valence-electron chi connectivity index (χ2n) is 4.97. The van der Waals surface area contributed by atoms with Crippen molar-refractivity contribution in [3.63, 3.8) is 0 Å². The first kappa shape index (κ1) is 14.8. The van der Waals surface area contributed by atoms with Gasteiger partial charge < -0.3 is 10.4 Å². The zero-order valence-electron chi connectivity index (χ0n) is 10.1. The van der Waals surface area contributed by atoms with Crippen molar-refractivity contribution >= 4 is 24.0 Å². The van der Waals surface area contributed by atoms with Crippen LogP contribution in [0.4, 0.5) is 0 Å². The van der Waals surface area contributed by atoms with Crippen LogP contribution in [-0.4, -0.2) is 17.7 Å². The first-order chi connectivity index (χ1) is 7.51. The Kier molecular flexibility index (Phi) is 4.85. The minimum atomic E-state index is -0.737. The van der Waals surface area contributed by atoms with Crippen molar-refractivity contribution < 1.29 is 5.11 Å². The molecule has 0 aromatic heterocycles. The van der Waals surface area contributed by atoms with Crippen LogP contribution in [0.15, 0.2) is 24.3 Å². The minimum Gasteiger partial charge on any atom is -0.384 e. The number of β-amino-alcohol motifs (C(OH)–C–C–N with tert-alkyl or cyclic N) is 1. The van der Waals surface area contributed by atoms with Crippen LogP contribution in [-0.2, 0) is 5.60 Å². The molecule has 1 saturated heterocycles. The van der Waals surface area contributed by atoms with Crippen LogP contribution in [0.5, 0.6) is 0 Å². The molecule has 2 N–H and O–H groups in total. The average Bonchev–Trinajstić information content (AvgIpc) is 2.63. The van der Waals surface area contributed by atoms with Crippen molar-refractivity contribution in [3.05, 3.63) is 34.9 Å². The highest BCUT2D eigenvalue weighted by atomic mass is 35.5. The van der Waals surface area contributed by atoms with E-state index < -0.39 is 5.60 Å². The monoisotopic (exact) mass is 275 g/mol. The lowest BCUT2D eigenvalue weighted by molar-refractivity contribution is 0.0544. The van der Waals surface area contributed by atoms with Gasteiger partial charge in [0.05, 0.1) is 0 Å². The van der Waals surface area contributed by atoms with Gasteiger partial charge >= 0.3 is 0 Å². The molecule has 2 unspecified atom stereocenters. The first-order valence-corrected chi connectivity index (χ1v) is 6.11. The summed E-state index contributed by atoms with van der Waals surface area (Å²) < 4.78 is 0. The summed E-state index contributed by atoms with van der Waals surface area (Å²) in [5, 5.41) is 14.7.